The number of hydrazine groups is 1. The van der Waals surface area contributed by atoms with Gasteiger partial charge in [-0.05, 0) is 61.4 Å². The predicted octanol–water partition coefficient (Wildman–Crippen LogP) is 4.13. The van der Waals surface area contributed by atoms with Gasteiger partial charge in [-0.1, -0.05) is 31.0 Å². The summed E-state index contributed by atoms with van der Waals surface area (Å²) in [5, 5.41) is 0.618. The van der Waals surface area contributed by atoms with E-state index < -0.39 is 21.8 Å². The standard InChI is InChI=1S/C27H26N4O5S/c32-26(19-11-13-20(14-12-19)37(34,35)31-15-5-1-2-6-16-31)29-30-27(33)22-18-24(25-10-7-17-36-25)28-23-9-4-3-8-21(22)23/h3-4,7-14,17-18H,1-2,5-6,15-16H2,(H,29,32)(H,30,33). The van der Waals surface area contributed by atoms with Crippen LogP contribution in [0.1, 0.15) is 46.4 Å². The zero-order chi connectivity index (χ0) is 25.8. The van der Waals surface area contributed by atoms with Crippen molar-refractivity contribution in [2.45, 2.75) is 30.6 Å². The largest absolute Gasteiger partial charge is 0.463 e. The lowest BCUT2D eigenvalue weighted by Crippen LogP contribution is -2.41. The van der Waals surface area contributed by atoms with E-state index in [0.29, 0.717) is 41.0 Å². The minimum Gasteiger partial charge on any atom is -0.463 e. The lowest BCUT2D eigenvalue weighted by Gasteiger charge is -2.20. The van der Waals surface area contributed by atoms with Crippen LogP contribution in [0.25, 0.3) is 22.4 Å². The first-order valence-corrected chi connectivity index (χ1v) is 13.5. The minimum atomic E-state index is -3.61. The molecule has 190 valence electrons. The zero-order valence-corrected chi connectivity index (χ0v) is 20.8. The molecule has 4 aromatic rings. The first-order chi connectivity index (χ1) is 17.9. The normalized spacial score (nSPS) is 14.7. The van der Waals surface area contributed by atoms with Gasteiger partial charge in [0.15, 0.2) is 5.76 Å². The van der Waals surface area contributed by atoms with Crippen molar-refractivity contribution in [2.24, 2.45) is 0 Å². The third kappa shape index (κ3) is 5.25. The molecule has 1 fully saturated rings. The minimum absolute atomic E-state index is 0.142. The number of carbonyl (C=O) groups is 2. The molecule has 1 aliphatic rings. The number of rotatable bonds is 5. The molecule has 0 unspecified atom stereocenters. The number of fused-ring (bicyclic) bond motifs is 1. The van der Waals surface area contributed by atoms with Crippen LogP contribution in [0.3, 0.4) is 0 Å². The van der Waals surface area contributed by atoms with E-state index in [1.165, 1.54) is 34.8 Å². The molecule has 2 N–H and O–H groups in total. The number of hydrogen-bond acceptors (Lipinski definition) is 6. The van der Waals surface area contributed by atoms with E-state index in [0.717, 1.165) is 25.7 Å². The van der Waals surface area contributed by atoms with Crippen molar-refractivity contribution in [3.63, 3.8) is 0 Å². The second-order valence-corrected chi connectivity index (χ2v) is 10.7. The summed E-state index contributed by atoms with van der Waals surface area (Å²) in [4.78, 5) is 30.4. The third-order valence-corrected chi connectivity index (χ3v) is 8.26. The fourth-order valence-electron chi connectivity index (χ4n) is 4.38. The maximum atomic E-state index is 13.0. The fraction of sp³-hybridized carbons (Fsp3) is 0.222. The summed E-state index contributed by atoms with van der Waals surface area (Å²) in [5.74, 6) is -0.587. The number of sulfonamides is 1. The Morgan fingerprint density at radius 1 is 0.838 bits per heavy atom. The van der Waals surface area contributed by atoms with Crippen molar-refractivity contribution in [3.05, 3.63) is 84.1 Å². The van der Waals surface area contributed by atoms with Gasteiger partial charge < -0.3 is 4.42 Å². The van der Waals surface area contributed by atoms with E-state index in [1.807, 2.05) is 6.07 Å². The quantitative estimate of drug-likeness (QED) is 0.383. The van der Waals surface area contributed by atoms with Gasteiger partial charge in [0.2, 0.25) is 10.0 Å². The fourth-order valence-corrected chi connectivity index (χ4v) is 5.89. The van der Waals surface area contributed by atoms with Gasteiger partial charge in [-0.2, -0.15) is 4.31 Å². The Bertz CT molecular complexity index is 1530. The van der Waals surface area contributed by atoms with E-state index in [2.05, 4.69) is 15.8 Å². The van der Waals surface area contributed by atoms with Crippen LogP contribution in [-0.4, -0.2) is 42.6 Å². The second kappa shape index (κ2) is 10.5. The molecule has 0 bridgehead atoms. The number of pyridine rings is 1. The summed E-state index contributed by atoms with van der Waals surface area (Å²) in [7, 11) is -3.61. The van der Waals surface area contributed by atoms with Crippen LogP contribution >= 0.6 is 0 Å². The summed E-state index contributed by atoms with van der Waals surface area (Å²) in [5.41, 5.74) is 6.47. The third-order valence-electron chi connectivity index (χ3n) is 6.34. The summed E-state index contributed by atoms with van der Waals surface area (Å²) < 4.78 is 32.9. The highest BCUT2D eigenvalue weighted by atomic mass is 32.2. The number of furan rings is 1. The van der Waals surface area contributed by atoms with Crippen molar-refractivity contribution in [1.82, 2.24) is 20.1 Å². The van der Waals surface area contributed by atoms with Crippen molar-refractivity contribution < 1.29 is 22.4 Å². The summed E-state index contributed by atoms with van der Waals surface area (Å²) in [6.07, 6.45) is 5.26. The molecule has 0 saturated carbocycles. The summed E-state index contributed by atoms with van der Waals surface area (Å²) >= 11 is 0. The van der Waals surface area contributed by atoms with Crippen LogP contribution in [-0.2, 0) is 10.0 Å². The van der Waals surface area contributed by atoms with E-state index >= 15 is 0 Å². The number of aromatic nitrogens is 1. The number of nitrogens with one attached hydrogen (secondary N) is 2. The van der Waals surface area contributed by atoms with Gasteiger partial charge in [-0.3, -0.25) is 20.4 Å². The lowest BCUT2D eigenvalue weighted by atomic mass is 10.1. The lowest BCUT2D eigenvalue weighted by molar-refractivity contribution is 0.0847. The Morgan fingerprint density at radius 3 is 2.24 bits per heavy atom. The molecular formula is C27H26N4O5S. The molecule has 0 radical (unpaired) electrons. The smallest absolute Gasteiger partial charge is 0.270 e. The van der Waals surface area contributed by atoms with Crippen LogP contribution in [0.2, 0.25) is 0 Å². The van der Waals surface area contributed by atoms with Crippen molar-refractivity contribution in [2.75, 3.05) is 13.1 Å². The molecule has 2 aromatic heterocycles. The number of nitrogens with zero attached hydrogens (tertiary/aromatic N) is 2. The highest BCUT2D eigenvalue weighted by molar-refractivity contribution is 7.89. The van der Waals surface area contributed by atoms with Gasteiger partial charge in [-0.15, -0.1) is 0 Å². The average molecular weight is 519 g/mol. The van der Waals surface area contributed by atoms with E-state index in [1.54, 1.807) is 36.4 Å². The Labute approximate surface area is 214 Å². The van der Waals surface area contributed by atoms with Gasteiger partial charge in [-0.25, -0.2) is 13.4 Å². The van der Waals surface area contributed by atoms with Gasteiger partial charge in [0, 0.05) is 24.0 Å². The molecule has 2 amide bonds. The molecule has 0 atom stereocenters. The Balaban J connectivity index is 1.30. The molecule has 5 rings (SSSR count). The molecule has 0 aliphatic carbocycles. The second-order valence-electron chi connectivity index (χ2n) is 8.80. The first-order valence-electron chi connectivity index (χ1n) is 12.1. The van der Waals surface area contributed by atoms with Gasteiger partial charge in [0.05, 0.1) is 22.2 Å². The number of hydrogen-bond donors (Lipinski definition) is 2. The number of carbonyl (C=O) groups excluding carboxylic acids is 2. The molecule has 1 saturated heterocycles. The summed E-state index contributed by atoms with van der Waals surface area (Å²) in [6.45, 7) is 1.00. The molecule has 3 heterocycles. The molecule has 2 aromatic carbocycles. The van der Waals surface area contributed by atoms with Crippen LogP contribution in [0.5, 0.6) is 0 Å². The number of benzene rings is 2. The number of para-hydroxylation sites is 1. The Kier molecular flexibility index (Phi) is 7.02. The van der Waals surface area contributed by atoms with Gasteiger partial charge >= 0.3 is 0 Å². The molecule has 10 heteroatoms. The number of amides is 2. The van der Waals surface area contributed by atoms with Crippen molar-refractivity contribution in [3.8, 4) is 11.5 Å². The van der Waals surface area contributed by atoms with E-state index in [9.17, 15) is 18.0 Å². The van der Waals surface area contributed by atoms with Crippen molar-refractivity contribution >= 4 is 32.7 Å². The maximum Gasteiger partial charge on any atom is 0.270 e. The SMILES string of the molecule is O=C(NNC(=O)c1cc(-c2ccco2)nc2ccccc12)c1ccc(S(=O)(=O)N2CCCCCC2)cc1. The van der Waals surface area contributed by atoms with Crippen LogP contribution in [0.4, 0.5) is 0 Å². The van der Waals surface area contributed by atoms with Crippen molar-refractivity contribution in [1.29, 1.82) is 0 Å². The van der Waals surface area contributed by atoms with Crippen LogP contribution in [0.15, 0.2) is 82.3 Å². The van der Waals surface area contributed by atoms with Gasteiger partial charge in [0.25, 0.3) is 11.8 Å². The highest BCUT2D eigenvalue weighted by Gasteiger charge is 2.25. The van der Waals surface area contributed by atoms with Gasteiger partial charge in [0.1, 0.15) is 5.69 Å². The highest BCUT2D eigenvalue weighted by Crippen LogP contribution is 2.25. The molecular weight excluding hydrogens is 492 g/mol. The molecule has 37 heavy (non-hydrogen) atoms. The van der Waals surface area contributed by atoms with E-state index in [-0.39, 0.29) is 10.5 Å². The maximum absolute atomic E-state index is 13.0. The molecule has 1 aliphatic heterocycles. The first kappa shape index (κ1) is 24.7. The molecule has 9 nitrogen and oxygen atoms in total. The van der Waals surface area contributed by atoms with Crippen LogP contribution in [0, 0.1) is 0 Å². The topological polar surface area (TPSA) is 122 Å². The predicted molar refractivity (Wildman–Crippen MR) is 138 cm³/mol. The van der Waals surface area contributed by atoms with Crippen LogP contribution < -0.4 is 10.9 Å². The average Bonchev–Trinajstić information content (AvgIpc) is 3.32. The zero-order valence-electron chi connectivity index (χ0n) is 20.0. The Hall–Kier alpha value is -4.02. The van der Waals surface area contributed by atoms with E-state index in [4.69, 9.17) is 4.42 Å². The summed E-state index contributed by atoms with van der Waals surface area (Å²) in [6, 6.07) is 18.0. The Morgan fingerprint density at radius 2 is 1.54 bits per heavy atom. The monoisotopic (exact) mass is 518 g/mol. The molecule has 0 spiro atoms.